The molecule has 0 N–H and O–H groups in total. The Labute approximate surface area is 106 Å². The van der Waals surface area contributed by atoms with Crippen LogP contribution in [0.4, 0.5) is 0 Å². The van der Waals surface area contributed by atoms with Crippen LogP contribution in [0.25, 0.3) is 6.08 Å². The summed E-state index contributed by atoms with van der Waals surface area (Å²) in [4.78, 5) is 1.68. The van der Waals surface area contributed by atoms with Gasteiger partial charge in [0.05, 0.1) is 12.7 Å². The summed E-state index contributed by atoms with van der Waals surface area (Å²) >= 11 is 5.15. The highest BCUT2D eigenvalue weighted by Crippen LogP contribution is 2.30. The van der Waals surface area contributed by atoms with Crippen molar-refractivity contribution in [3.63, 3.8) is 0 Å². The molecule has 2 rings (SSSR count). The lowest BCUT2D eigenvalue weighted by molar-refractivity contribution is 0.271. The molecule has 0 aliphatic carbocycles. The molecule has 0 radical (unpaired) electrons. The van der Waals surface area contributed by atoms with Crippen molar-refractivity contribution < 1.29 is 4.74 Å². The number of hydrogen-bond donors (Lipinski definition) is 0. The lowest BCUT2D eigenvalue weighted by Gasteiger charge is -2.29. The third-order valence-electron chi connectivity index (χ3n) is 2.58. The van der Waals surface area contributed by atoms with Crippen LogP contribution < -0.4 is 0 Å². The molecule has 4 heteroatoms. The molecular weight excluding hydrogens is 232 g/mol. The summed E-state index contributed by atoms with van der Waals surface area (Å²) in [5.41, 5.74) is 2.01. The van der Waals surface area contributed by atoms with Gasteiger partial charge in [-0.25, -0.2) is 0 Å². The van der Waals surface area contributed by atoms with Crippen LogP contribution in [0.3, 0.4) is 0 Å². The molecule has 1 atom stereocenters. The maximum absolute atomic E-state index is 9.28. The van der Waals surface area contributed by atoms with E-state index in [1.807, 2.05) is 37.3 Å². The molecule has 0 fully saturated rings. The van der Waals surface area contributed by atoms with Gasteiger partial charge in [-0.3, -0.25) is 4.90 Å². The van der Waals surface area contributed by atoms with Gasteiger partial charge in [0.1, 0.15) is 0 Å². The summed E-state index contributed by atoms with van der Waals surface area (Å²) in [7, 11) is 0. The molecule has 0 aromatic heterocycles. The van der Waals surface area contributed by atoms with Gasteiger partial charge >= 0.3 is 0 Å². The molecule has 0 bridgehead atoms. The highest BCUT2D eigenvalue weighted by molar-refractivity contribution is 7.80. The second-order valence-electron chi connectivity index (χ2n) is 3.58. The predicted octanol–water partition coefficient (Wildman–Crippen LogP) is 2.86. The molecule has 0 spiro atoms. The van der Waals surface area contributed by atoms with Crippen LogP contribution >= 0.6 is 12.2 Å². The van der Waals surface area contributed by atoms with E-state index in [1.165, 1.54) is 0 Å². The van der Waals surface area contributed by atoms with Gasteiger partial charge in [0.2, 0.25) is 0 Å². The van der Waals surface area contributed by atoms with Crippen molar-refractivity contribution in [1.82, 2.24) is 4.90 Å². The molecule has 1 aromatic rings. The number of nitriles is 1. The minimum absolute atomic E-state index is 0.338. The van der Waals surface area contributed by atoms with Crippen LogP contribution in [-0.2, 0) is 4.74 Å². The summed E-state index contributed by atoms with van der Waals surface area (Å²) in [6, 6.07) is 9.65. The molecule has 1 aliphatic rings. The number of benzene rings is 1. The zero-order chi connectivity index (χ0) is 12.3. The van der Waals surface area contributed by atoms with Crippen LogP contribution in [0.1, 0.15) is 24.1 Å². The van der Waals surface area contributed by atoms with E-state index < -0.39 is 6.04 Å². The Balaban J connectivity index is 2.36. The first-order valence-corrected chi connectivity index (χ1v) is 5.80. The molecule has 86 valence electrons. The number of ether oxygens (including phenoxy) is 1. The maximum atomic E-state index is 9.28. The van der Waals surface area contributed by atoms with E-state index in [4.69, 9.17) is 17.0 Å². The van der Waals surface area contributed by atoms with Gasteiger partial charge < -0.3 is 4.74 Å². The van der Waals surface area contributed by atoms with Gasteiger partial charge in [-0.1, -0.05) is 24.3 Å². The molecule has 17 heavy (non-hydrogen) atoms. The van der Waals surface area contributed by atoms with Crippen molar-refractivity contribution in [3.8, 4) is 6.07 Å². The van der Waals surface area contributed by atoms with Gasteiger partial charge in [0, 0.05) is 6.20 Å². The van der Waals surface area contributed by atoms with Gasteiger partial charge in [-0.15, -0.1) is 0 Å². The summed E-state index contributed by atoms with van der Waals surface area (Å²) in [5.74, 6) is 0. The van der Waals surface area contributed by atoms with E-state index in [9.17, 15) is 5.26 Å². The van der Waals surface area contributed by atoms with Gasteiger partial charge in [-0.2, -0.15) is 5.26 Å². The second-order valence-corrected chi connectivity index (χ2v) is 3.93. The number of hydrogen-bond acceptors (Lipinski definition) is 3. The molecule has 0 amide bonds. The normalized spacial score (nSPS) is 17.2. The Bertz CT molecular complexity index is 504. The SMILES string of the molecule is CCOC(=S)N1C=Cc2ccccc2C1C#N. The van der Waals surface area contributed by atoms with Crippen molar-refractivity contribution in [2.75, 3.05) is 6.61 Å². The Morgan fingerprint density at radius 2 is 2.29 bits per heavy atom. The van der Waals surface area contributed by atoms with E-state index in [0.717, 1.165) is 11.1 Å². The van der Waals surface area contributed by atoms with Crippen molar-refractivity contribution in [2.24, 2.45) is 0 Å². The van der Waals surface area contributed by atoms with Gasteiger partial charge in [-0.05, 0) is 36.3 Å². The highest BCUT2D eigenvalue weighted by Gasteiger charge is 2.26. The van der Waals surface area contributed by atoms with Crippen molar-refractivity contribution in [3.05, 3.63) is 41.6 Å². The highest BCUT2D eigenvalue weighted by atomic mass is 32.1. The summed E-state index contributed by atoms with van der Waals surface area (Å²) in [6.07, 6.45) is 3.74. The summed E-state index contributed by atoms with van der Waals surface area (Å²) in [6.45, 7) is 2.37. The molecule has 0 saturated heterocycles. The Hall–Kier alpha value is -1.86. The first kappa shape index (κ1) is 11.6. The van der Waals surface area contributed by atoms with Crippen molar-refractivity contribution in [2.45, 2.75) is 13.0 Å². The van der Waals surface area contributed by atoms with Crippen LogP contribution in [0.15, 0.2) is 30.5 Å². The molecule has 1 aliphatic heterocycles. The monoisotopic (exact) mass is 244 g/mol. The molecule has 1 heterocycles. The predicted molar refractivity (Wildman–Crippen MR) is 69.9 cm³/mol. The quantitative estimate of drug-likeness (QED) is 0.712. The lowest BCUT2D eigenvalue weighted by atomic mass is 9.97. The molecule has 1 aromatic carbocycles. The van der Waals surface area contributed by atoms with Crippen LogP contribution in [0.2, 0.25) is 0 Å². The maximum Gasteiger partial charge on any atom is 0.264 e. The number of rotatable bonds is 1. The Kier molecular flexibility index (Phi) is 3.40. The minimum atomic E-state index is -0.407. The Morgan fingerprint density at radius 3 is 3.00 bits per heavy atom. The third-order valence-corrected chi connectivity index (χ3v) is 2.91. The van der Waals surface area contributed by atoms with Crippen LogP contribution in [0.5, 0.6) is 0 Å². The molecule has 0 saturated carbocycles. The first-order valence-electron chi connectivity index (χ1n) is 5.39. The largest absolute Gasteiger partial charge is 0.471 e. The summed E-state index contributed by atoms with van der Waals surface area (Å²) in [5, 5.41) is 9.62. The van der Waals surface area contributed by atoms with E-state index in [-0.39, 0.29) is 0 Å². The number of nitrogens with zero attached hydrogens (tertiary/aromatic N) is 2. The smallest absolute Gasteiger partial charge is 0.264 e. The second kappa shape index (κ2) is 4.98. The van der Waals surface area contributed by atoms with Crippen molar-refractivity contribution >= 4 is 23.5 Å². The molecule has 3 nitrogen and oxygen atoms in total. The molecule has 1 unspecified atom stereocenters. The fourth-order valence-electron chi connectivity index (χ4n) is 1.80. The van der Waals surface area contributed by atoms with Crippen LogP contribution in [0, 0.1) is 11.3 Å². The van der Waals surface area contributed by atoms with E-state index in [0.29, 0.717) is 11.8 Å². The standard InChI is InChI=1S/C13H12N2OS/c1-2-16-13(17)15-8-7-10-5-3-4-6-11(10)12(15)9-14/h3-8,12H,2H2,1H3. The molecular formula is C13H12N2OS. The first-order chi connectivity index (χ1) is 8.27. The summed E-state index contributed by atoms with van der Waals surface area (Å²) < 4.78 is 5.28. The van der Waals surface area contributed by atoms with Crippen LogP contribution in [-0.4, -0.2) is 16.7 Å². The van der Waals surface area contributed by atoms with Gasteiger partial charge in [0.15, 0.2) is 6.04 Å². The fourth-order valence-corrected chi connectivity index (χ4v) is 2.09. The average Bonchev–Trinajstić information content (AvgIpc) is 2.37. The fraction of sp³-hybridized carbons (Fsp3) is 0.231. The third kappa shape index (κ3) is 2.15. The number of fused-ring (bicyclic) bond motifs is 1. The topological polar surface area (TPSA) is 36.3 Å². The van der Waals surface area contributed by atoms with E-state index in [2.05, 4.69) is 6.07 Å². The van der Waals surface area contributed by atoms with Gasteiger partial charge in [0.25, 0.3) is 5.17 Å². The number of thiocarbonyl (C=S) groups is 1. The van der Waals surface area contributed by atoms with E-state index >= 15 is 0 Å². The average molecular weight is 244 g/mol. The van der Waals surface area contributed by atoms with Crippen molar-refractivity contribution in [1.29, 1.82) is 5.26 Å². The minimum Gasteiger partial charge on any atom is -0.471 e. The zero-order valence-corrected chi connectivity index (χ0v) is 10.3. The lowest BCUT2D eigenvalue weighted by Crippen LogP contribution is -2.32. The zero-order valence-electron chi connectivity index (χ0n) is 9.46. The Morgan fingerprint density at radius 1 is 1.53 bits per heavy atom. The van der Waals surface area contributed by atoms with E-state index in [1.54, 1.807) is 11.1 Å².